The number of nitrogens with zero attached hydrogens (tertiary/aromatic N) is 1. The molecule has 190 valence electrons. The van der Waals surface area contributed by atoms with Crippen molar-refractivity contribution in [1.29, 1.82) is 0 Å². The van der Waals surface area contributed by atoms with Crippen LogP contribution in [-0.4, -0.2) is 4.98 Å². The number of hydrogen-bond acceptors (Lipinski definition) is 1. The second kappa shape index (κ2) is 8.36. The lowest BCUT2D eigenvalue weighted by Crippen LogP contribution is -2.31. The first-order valence-corrected chi connectivity index (χ1v) is 14.2. The Morgan fingerprint density at radius 1 is 0.390 bits per heavy atom. The molecule has 1 atom stereocenters. The average molecular weight is 520 g/mol. The Balaban J connectivity index is 1.31. The van der Waals surface area contributed by atoms with Crippen LogP contribution in [0.15, 0.2) is 152 Å². The smallest absolute Gasteiger partial charge is 0.0725 e. The van der Waals surface area contributed by atoms with Gasteiger partial charge in [-0.2, -0.15) is 0 Å². The number of aromatic nitrogens is 1. The van der Waals surface area contributed by atoms with Gasteiger partial charge in [0.15, 0.2) is 0 Å². The lowest BCUT2D eigenvalue weighted by Gasteiger charge is -2.40. The fourth-order valence-electron chi connectivity index (χ4n) is 7.48. The summed E-state index contributed by atoms with van der Waals surface area (Å²) < 4.78 is 0. The van der Waals surface area contributed by atoms with Crippen LogP contribution in [0.2, 0.25) is 0 Å². The number of hydrogen-bond donors (Lipinski definition) is 0. The summed E-state index contributed by atoms with van der Waals surface area (Å²) in [4.78, 5) is 4.52. The first-order chi connectivity index (χ1) is 20.3. The van der Waals surface area contributed by atoms with Crippen molar-refractivity contribution in [2.45, 2.75) is 5.41 Å². The van der Waals surface area contributed by atoms with Gasteiger partial charge in [0.1, 0.15) is 0 Å². The van der Waals surface area contributed by atoms with E-state index in [9.17, 15) is 0 Å². The third-order valence-corrected chi connectivity index (χ3v) is 9.15. The minimum absolute atomic E-state index is 0.363. The molecule has 0 saturated carbocycles. The number of fused-ring (bicyclic) bond motifs is 9. The van der Waals surface area contributed by atoms with E-state index in [2.05, 4.69) is 138 Å². The van der Waals surface area contributed by atoms with Gasteiger partial charge in [0, 0.05) is 11.8 Å². The molecule has 1 unspecified atom stereocenters. The van der Waals surface area contributed by atoms with Gasteiger partial charge in [-0.25, -0.2) is 0 Å². The quantitative estimate of drug-likeness (QED) is 0.221. The molecule has 6 aromatic carbocycles. The standard InChI is InChI=1S/C40H25N/c1-3-14-34-30(11-1)32-13-7-9-28-10-8-16-37(39(28)32)40(34)35-15-4-2-12-31(35)33-25-29(22-23-36(33)40)26-18-20-27(21-19-26)38-17-5-6-24-41-38/h1-25H. The van der Waals surface area contributed by atoms with Crippen LogP contribution in [0.1, 0.15) is 22.3 Å². The molecule has 0 amide bonds. The van der Waals surface area contributed by atoms with Crippen LogP contribution in [0.3, 0.4) is 0 Å². The Labute approximate surface area is 239 Å². The normalized spacial score (nSPS) is 15.9. The van der Waals surface area contributed by atoms with Gasteiger partial charge in [-0.3, -0.25) is 4.98 Å². The molecular formula is C40H25N. The monoisotopic (exact) mass is 519 g/mol. The third kappa shape index (κ3) is 2.98. The zero-order chi connectivity index (χ0) is 27.0. The molecular weight excluding hydrogens is 494 g/mol. The molecule has 1 aromatic heterocycles. The second-order valence-electron chi connectivity index (χ2n) is 11.1. The highest BCUT2D eigenvalue weighted by atomic mass is 14.7. The summed E-state index contributed by atoms with van der Waals surface area (Å²) in [5, 5.41) is 2.66. The van der Waals surface area contributed by atoms with Gasteiger partial charge in [0.05, 0.1) is 11.1 Å². The van der Waals surface area contributed by atoms with E-state index >= 15 is 0 Å². The Bertz CT molecular complexity index is 2130. The van der Waals surface area contributed by atoms with Crippen LogP contribution in [0.25, 0.3) is 55.4 Å². The molecule has 9 rings (SSSR count). The Morgan fingerprint density at radius 2 is 0.976 bits per heavy atom. The van der Waals surface area contributed by atoms with Crippen molar-refractivity contribution in [1.82, 2.24) is 4.98 Å². The Hall–Kier alpha value is -5.27. The summed E-state index contributed by atoms with van der Waals surface area (Å²) in [7, 11) is 0. The molecule has 0 bridgehead atoms. The van der Waals surface area contributed by atoms with Gasteiger partial charge in [0.2, 0.25) is 0 Å². The highest BCUT2D eigenvalue weighted by Gasteiger charge is 2.49. The zero-order valence-corrected chi connectivity index (χ0v) is 22.4. The molecule has 7 aromatic rings. The fourth-order valence-corrected chi connectivity index (χ4v) is 7.48. The molecule has 1 spiro atoms. The minimum atomic E-state index is -0.363. The van der Waals surface area contributed by atoms with Crippen molar-refractivity contribution < 1.29 is 0 Å². The van der Waals surface area contributed by atoms with Gasteiger partial charge in [0.25, 0.3) is 0 Å². The number of rotatable bonds is 2. The molecule has 0 fully saturated rings. The fraction of sp³-hybridized carbons (Fsp3) is 0.0250. The zero-order valence-electron chi connectivity index (χ0n) is 22.4. The maximum atomic E-state index is 4.52. The van der Waals surface area contributed by atoms with Gasteiger partial charge in [-0.15, -0.1) is 0 Å². The SMILES string of the molecule is c1ccc(-c2ccc(-c3ccc4c(c3)-c3ccccc3C43c4ccccc4-c4cccc5cccc3c45)cc2)nc1. The molecule has 0 saturated heterocycles. The lowest BCUT2D eigenvalue weighted by atomic mass is 9.61. The van der Waals surface area contributed by atoms with Crippen LogP contribution in [-0.2, 0) is 5.41 Å². The highest BCUT2D eigenvalue weighted by Crippen LogP contribution is 2.61. The molecule has 0 radical (unpaired) electrons. The topological polar surface area (TPSA) is 12.9 Å². The Morgan fingerprint density at radius 3 is 1.73 bits per heavy atom. The maximum absolute atomic E-state index is 4.52. The first kappa shape index (κ1) is 22.5. The molecule has 1 heterocycles. The van der Waals surface area contributed by atoms with Crippen molar-refractivity contribution in [3.05, 3.63) is 174 Å². The maximum Gasteiger partial charge on any atom is 0.0725 e. The van der Waals surface area contributed by atoms with Crippen LogP contribution < -0.4 is 0 Å². The summed E-state index contributed by atoms with van der Waals surface area (Å²) in [5.41, 5.74) is 15.0. The average Bonchev–Trinajstić information content (AvgIpc) is 3.34. The van der Waals surface area contributed by atoms with Crippen molar-refractivity contribution in [3.8, 4) is 44.6 Å². The molecule has 2 aliphatic rings. The van der Waals surface area contributed by atoms with Crippen LogP contribution >= 0.6 is 0 Å². The number of pyridine rings is 1. The van der Waals surface area contributed by atoms with Gasteiger partial charge in [-0.05, 0) is 84.6 Å². The lowest BCUT2D eigenvalue weighted by molar-refractivity contribution is 0.773. The van der Waals surface area contributed by atoms with E-state index in [4.69, 9.17) is 0 Å². The highest BCUT2D eigenvalue weighted by molar-refractivity contribution is 6.07. The van der Waals surface area contributed by atoms with Gasteiger partial charge < -0.3 is 0 Å². The van der Waals surface area contributed by atoms with E-state index in [1.165, 1.54) is 66.4 Å². The summed E-state index contributed by atoms with van der Waals surface area (Å²) in [6, 6.07) is 53.6. The predicted molar refractivity (Wildman–Crippen MR) is 169 cm³/mol. The molecule has 0 N–H and O–H groups in total. The molecule has 0 aliphatic heterocycles. The summed E-state index contributed by atoms with van der Waals surface area (Å²) in [5.74, 6) is 0. The summed E-state index contributed by atoms with van der Waals surface area (Å²) >= 11 is 0. The number of benzene rings is 6. The van der Waals surface area contributed by atoms with Gasteiger partial charge in [-0.1, -0.05) is 127 Å². The van der Waals surface area contributed by atoms with E-state index in [-0.39, 0.29) is 5.41 Å². The van der Waals surface area contributed by atoms with E-state index in [1.54, 1.807) is 0 Å². The predicted octanol–water partition coefficient (Wildman–Crippen LogP) is 9.91. The third-order valence-electron chi connectivity index (χ3n) is 9.15. The van der Waals surface area contributed by atoms with Crippen LogP contribution in [0, 0.1) is 0 Å². The van der Waals surface area contributed by atoms with Crippen molar-refractivity contribution in [3.63, 3.8) is 0 Å². The van der Waals surface area contributed by atoms with E-state index in [0.717, 1.165) is 11.3 Å². The molecule has 1 heteroatoms. The first-order valence-electron chi connectivity index (χ1n) is 14.2. The van der Waals surface area contributed by atoms with Gasteiger partial charge >= 0.3 is 0 Å². The molecule has 1 nitrogen and oxygen atoms in total. The molecule has 2 aliphatic carbocycles. The molecule has 41 heavy (non-hydrogen) atoms. The largest absolute Gasteiger partial charge is 0.256 e. The van der Waals surface area contributed by atoms with Crippen molar-refractivity contribution in [2.75, 3.05) is 0 Å². The van der Waals surface area contributed by atoms with Crippen molar-refractivity contribution >= 4 is 10.8 Å². The van der Waals surface area contributed by atoms with Crippen LogP contribution in [0.5, 0.6) is 0 Å². The van der Waals surface area contributed by atoms with Crippen LogP contribution in [0.4, 0.5) is 0 Å². The van der Waals surface area contributed by atoms with E-state index in [0.29, 0.717) is 0 Å². The Kier molecular flexibility index (Phi) is 4.60. The minimum Gasteiger partial charge on any atom is -0.256 e. The van der Waals surface area contributed by atoms with E-state index < -0.39 is 0 Å². The van der Waals surface area contributed by atoms with Crippen molar-refractivity contribution in [2.24, 2.45) is 0 Å². The summed E-state index contributed by atoms with van der Waals surface area (Å²) in [6.45, 7) is 0. The summed E-state index contributed by atoms with van der Waals surface area (Å²) in [6.07, 6.45) is 1.85. The second-order valence-corrected chi connectivity index (χ2v) is 11.1. The van der Waals surface area contributed by atoms with E-state index in [1.807, 2.05) is 18.3 Å².